The van der Waals surface area contributed by atoms with Crippen LogP contribution < -0.4 is 4.74 Å². The summed E-state index contributed by atoms with van der Waals surface area (Å²) in [7, 11) is 3.43. The monoisotopic (exact) mass is 377 g/mol. The molecule has 144 valence electrons. The van der Waals surface area contributed by atoms with Crippen LogP contribution in [0.3, 0.4) is 0 Å². The van der Waals surface area contributed by atoms with Gasteiger partial charge in [0.1, 0.15) is 11.6 Å². The minimum Gasteiger partial charge on any atom is -0.497 e. The number of rotatable bonds is 7. The topological polar surface area (TPSA) is 29.5 Å². The number of hydrogen-bond donors (Lipinski definition) is 0. The van der Waals surface area contributed by atoms with Crippen LogP contribution in [0.4, 0.5) is 4.39 Å². The van der Waals surface area contributed by atoms with Crippen LogP contribution in [0.25, 0.3) is 0 Å². The minimum absolute atomic E-state index is 0.0361. The number of amides is 1. The number of carbonyl (C=O) groups excluding carboxylic acids is 1. The summed E-state index contributed by atoms with van der Waals surface area (Å²) in [6.07, 6.45) is 1.05. The second-order valence-corrected chi connectivity index (χ2v) is 6.72. The molecule has 3 rings (SSSR count). The van der Waals surface area contributed by atoms with Crippen molar-refractivity contribution in [3.63, 3.8) is 0 Å². The Bertz CT molecular complexity index is 892. The molecule has 3 aromatic carbocycles. The molecule has 1 amide bonds. The van der Waals surface area contributed by atoms with E-state index < -0.39 is 0 Å². The molecule has 3 aromatic rings. The summed E-state index contributed by atoms with van der Waals surface area (Å²) in [5.41, 5.74) is 2.96. The highest BCUT2D eigenvalue weighted by Gasteiger charge is 2.23. The van der Waals surface area contributed by atoms with Gasteiger partial charge in [0.2, 0.25) is 5.91 Å². The average Bonchev–Trinajstić information content (AvgIpc) is 2.74. The number of halogens is 1. The molecule has 0 unspecified atom stereocenters. The highest BCUT2D eigenvalue weighted by atomic mass is 19.1. The van der Waals surface area contributed by atoms with Gasteiger partial charge in [0.25, 0.3) is 0 Å². The molecule has 0 aliphatic rings. The lowest BCUT2D eigenvalue weighted by Gasteiger charge is -2.29. The van der Waals surface area contributed by atoms with E-state index in [1.165, 1.54) is 12.1 Å². The van der Waals surface area contributed by atoms with Crippen molar-refractivity contribution in [1.29, 1.82) is 0 Å². The van der Waals surface area contributed by atoms with E-state index in [1.807, 2.05) is 54.6 Å². The highest BCUT2D eigenvalue weighted by molar-refractivity contribution is 5.77. The fraction of sp³-hybridized carbons (Fsp3) is 0.208. The average molecular weight is 377 g/mol. The molecule has 0 saturated heterocycles. The molecule has 28 heavy (non-hydrogen) atoms. The van der Waals surface area contributed by atoms with Gasteiger partial charge in [0.05, 0.1) is 13.2 Å². The minimum atomic E-state index is -0.288. The van der Waals surface area contributed by atoms with Gasteiger partial charge in [-0.15, -0.1) is 0 Å². The zero-order chi connectivity index (χ0) is 19.9. The first-order chi connectivity index (χ1) is 13.6. The van der Waals surface area contributed by atoms with Gasteiger partial charge in [0, 0.05) is 13.5 Å². The van der Waals surface area contributed by atoms with Crippen LogP contribution in [0.15, 0.2) is 78.9 Å². The van der Waals surface area contributed by atoms with Crippen LogP contribution >= 0.6 is 0 Å². The van der Waals surface area contributed by atoms with Gasteiger partial charge in [-0.05, 0) is 47.4 Å². The van der Waals surface area contributed by atoms with Gasteiger partial charge < -0.3 is 9.64 Å². The molecule has 0 aromatic heterocycles. The molecule has 0 aliphatic heterocycles. The smallest absolute Gasteiger partial charge is 0.223 e. The molecule has 0 aliphatic carbocycles. The van der Waals surface area contributed by atoms with Gasteiger partial charge in [-0.2, -0.15) is 0 Å². The zero-order valence-corrected chi connectivity index (χ0v) is 16.1. The molecule has 1 atom stereocenters. The van der Waals surface area contributed by atoms with Crippen molar-refractivity contribution in [3.05, 3.63) is 101 Å². The maximum absolute atomic E-state index is 13.4. The molecular formula is C24H24FNO2. The van der Waals surface area contributed by atoms with Crippen molar-refractivity contribution in [2.75, 3.05) is 14.2 Å². The predicted octanol–water partition coefficient (Wildman–Crippen LogP) is 5.01. The van der Waals surface area contributed by atoms with E-state index in [0.29, 0.717) is 12.8 Å². The number of hydrogen-bond acceptors (Lipinski definition) is 2. The third kappa shape index (κ3) is 4.77. The maximum Gasteiger partial charge on any atom is 0.223 e. The molecular weight excluding hydrogens is 353 g/mol. The van der Waals surface area contributed by atoms with Crippen LogP contribution in [-0.2, 0) is 11.2 Å². The van der Waals surface area contributed by atoms with Gasteiger partial charge in [-0.3, -0.25) is 4.79 Å². The van der Waals surface area contributed by atoms with Crippen molar-refractivity contribution < 1.29 is 13.9 Å². The molecule has 0 N–H and O–H groups in total. The van der Waals surface area contributed by atoms with Crippen LogP contribution in [0.2, 0.25) is 0 Å². The van der Waals surface area contributed by atoms with Crippen molar-refractivity contribution in [2.45, 2.75) is 18.9 Å². The number of carbonyl (C=O) groups is 1. The zero-order valence-electron chi connectivity index (χ0n) is 16.1. The molecule has 0 fully saturated rings. The van der Waals surface area contributed by atoms with Gasteiger partial charge in [-0.1, -0.05) is 54.6 Å². The standard InChI is InChI=1S/C24H24FNO2/c1-26(23(27)17-10-18-8-15-22(28-2)16-9-18)24(19-6-4-3-5-7-19)20-11-13-21(25)14-12-20/h3-9,11-16,24H,10,17H2,1-2H3/t24-/m0/s1. The first-order valence-corrected chi connectivity index (χ1v) is 9.27. The first-order valence-electron chi connectivity index (χ1n) is 9.27. The Hall–Kier alpha value is -3.14. The van der Waals surface area contributed by atoms with Crippen molar-refractivity contribution in [1.82, 2.24) is 4.90 Å². The molecule has 0 saturated carbocycles. The van der Waals surface area contributed by atoms with Gasteiger partial charge in [0.15, 0.2) is 0 Å². The van der Waals surface area contributed by atoms with E-state index in [9.17, 15) is 9.18 Å². The molecule has 4 heteroatoms. The van der Waals surface area contributed by atoms with Crippen LogP contribution in [0, 0.1) is 5.82 Å². The Balaban J connectivity index is 1.77. The second kappa shape index (κ2) is 9.18. The highest BCUT2D eigenvalue weighted by Crippen LogP contribution is 2.28. The number of nitrogens with zero attached hydrogens (tertiary/aromatic N) is 1. The van der Waals surface area contributed by atoms with Crippen molar-refractivity contribution in [3.8, 4) is 5.75 Å². The summed E-state index contributed by atoms with van der Waals surface area (Å²) >= 11 is 0. The van der Waals surface area contributed by atoms with E-state index in [4.69, 9.17) is 4.74 Å². The van der Waals surface area contributed by atoms with Gasteiger partial charge in [-0.25, -0.2) is 4.39 Å². The van der Waals surface area contributed by atoms with E-state index in [0.717, 1.165) is 22.4 Å². The Morgan fingerprint density at radius 2 is 1.54 bits per heavy atom. The summed E-state index contributed by atoms with van der Waals surface area (Å²) in [6, 6.07) is 23.6. The predicted molar refractivity (Wildman–Crippen MR) is 109 cm³/mol. The van der Waals surface area contributed by atoms with Gasteiger partial charge >= 0.3 is 0 Å². The lowest BCUT2D eigenvalue weighted by Crippen LogP contribution is -2.32. The Morgan fingerprint density at radius 3 is 2.14 bits per heavy atom. The molecule has 0 bridgehead atoms. The maximum atomic E-state index is 13.4. The van der Waals surface area contributed by atoms with Crippen LogP contribution in [-0.4, -0.2) is 25.0 Å². The summed E-state index contributed by atoms with van der Waals surface area (Å²) in [5, 5.41) is 0. The number of benzene rings is 3. The molecule has 0 radical (unpaired) electrons. The lowest BCUT2D eigenvalue weighted by molar-refractivity contribution is -0.131. The quantitative estimate of drug-likeness (QED) is 0.579. The molecule has 0 spiro atoms. The van der Waals surface area contributed by atoms with E-state index in [-0.39, 0.29) is 17.8 Å². The number of ether oxygens (including phenoxy) is 1. The summed E-state index contributed by atoms with van der Waals surface area (Å²) in [4.78, 5) is 14.7. The van der Waals surface area contributed by atoms with E-state index >= 15 is 0 Å². The van der Waals surface area contributed by atoms with E-state index in [2.05, 4.69) is 0 Å². The van der Waals surface area contributed by atoms with Crippen LogP contribution in [0.5, 0.6) is 5.75 Å². The summed E-state index contributed by atoms with van der Waals surface area (Å²) in [6.45, 7) is 0. The second-order valence-electron chi connectivity index (χ2n) is 6.72. The third-order valence-electron chi connectivity index (χ3n) is 4.87. The Labute approximate surface area is 165 Å². The Morgan fingerprint density at radius 1 is 0.929 bits per heavy atom. The first kappa shape index (κ1) is 19.6. The Kier molecular flexibility index (Phi) is 6.43. The summed E-state index contributed by atoms with van der Waals surface area (Å²) in [5.74, 6) is 0.547. The SMILES string of the molecule is COc1ccc(CCC(=O)N(C)[C@@H](c2ccccc2)c2ccc(F)cc2)cc1. The van der Waals surface area contributed by atoms with Crippen molar-refractivity contribution in [2.24, 2.45) is 0 Å². The fourth-order valence-electron chi connectivity index (χ4n) is 3.28. The summed E-state index contributed by atoms with van der Waals surface area (Å²) < 4.78 is 18.6. The fourth-order valence-corrected chi connectivity index (χ4v) is 3.28. The molecule has 3 nitrogen and oxygen atoms in total. The van der Waals surface area contributed by atoms with Crippen molar-refractivity contribution >= 4 is 5.91 Å². The molecule has 0 heterocycles. The lowest BCUT2D eigenvalue weighted by atomic mass is 9.96. The van der Waals surface area contributed by atoms with Crippen LogP contribution in [0.1, 0.15) is 29.2 Å². The number of methoxy groups -OCH3 is 1. The normalized spacial score (nSPS) is 11.7. The number of aryl methyl sites for hydroxylation is 1. The third-order valence-corrected chi connectivity index (χ3v) is 4.87. The van der Waals surface area contributed by atoms with E-state index in [1.54, 1.807) is 31.2 Å². The largest absolute Gasteiger partial charge is 0.497 e.